The molecule has 2 aromatic rings. The van der Waals surface area contributed by atoms with E-state index < -0.39 is 0 Å². The maximum absolute atomic E-state index is 12.7. The highest BCUT2D eigenvalue weighted by molar-refractivity contribution is 5.76. The third-order valence-corrected chi connectivity index (χ3v) is 4.70. The lowest BCUT2D eigenvalue weighted by molar-refractivity contribution is -0.133. The molecule has 24 heavy (non-hydrogen) atoms. The summed E-state index contributed by atoms with van der Waals surface area (Å²) in [6.07, 6.45) is 6.33. The highest BCUT2D eigenvalue weighted by Gasteiger charge is 2.28. The van der Waals surface area contributed by atoms with E-state index in [1.54, 1.807) is 6.20 Å². The van der Waals surface area contributed by atoms with Crippen LogP contribution in [0.25, 0.3) is 0 Å². The molecule has 0 aromatic carbocycles. The number of hydrogen-bond donors (Lipinski definition) is 1. The molecule has 1 atom stereocenters. The van der Waals surface area contributed by atoms with Gasteiger partial charge in [-0.2, -0.15) is 0 Å². The fraction of sp³-hybridized carbons (Fsp3) is 0.625. The molecule has 1 aliphatic heterocycles. The second-order valence-corrected chi connectivity index (χ2v) is 6.20. The van der Waals surface area contributed by atoms with Gasteiger partial charge in [-0.05, 0) is 12.8 Å². The second kappa shape index (κ2) is 7.12. The number of aliphatic hydroxyl groups is 1. The summed E-state index contributed by atoms with van der Waals surface area (Å²) in [5, 5.41) is 17.5. The molecule has 1 N–H and O–H groups in total. The van der Waals surface area contributed by atoms with Crippen molar-refractivity contribution in [2.75, 3.05) is 13.1 Å². The summed E-state index contributed by atoms with van der Waals surface area (Å²) < 4.78 is 3.75. The van der Waals surface area contributed by atoms with Crippen LogP contribution in [0, 0.1) is 0 Å². The van der Waals surface area contributed by atoms with Crippen molar-refractivity contribution in [2.24, 2.45) is 7.05 Å². The van der Waals surface area contributed by atoms with Crippen molar-refractivity contribution in [2.45, 2.75) is 45.3 Å². The predicted octanol–water partition coefficient (Wildman–Crippen LogP) is 0.472. The molecule has 0 bridgehead atoms. The maximum atomic E-state index is 12.7. The summed E-state index contributed by atoms with van der Waals surface area (Å²) in [6.45, 7) is 3.66. The molecule has 3 rings (SSSR count). The average molecular weight is 332 g/mol. The van der Waals surface area contributed by atoms with Gasteiger partial charge in [-0.25, -0.2) is 4.98 Å². The molecule has 2 aromatic heterocycles. The lowest BCUT2D eigenvalue weighted by Crippen LogP contribution is -2.41. The van der Waals surface area contributed by atoms with Gasteiger partial charge in [0, 0.05) is 44.9 Å². The molecule has 0 radical (unpaired) electrons. The zero-order valence-electron chi connectivity index (χ0n) is 14.2. The number of aliphatic hydroxyl groups excluding tert-OH is 1. The van der Waals surface area contributed by atoms with Crippen molar-refractivity contribution in [3.63, 3.8) is 0 Å². The van der Waals surface area contributed by atoms with Crippen molar-refractivity contribution >= 4 is 5.91 Å². The summed E-state index contributed by atoms with van der Waals surface area (Å²) in [7, 11) is 1.86. The average Bonchev–Trinajstić information content (AvgIpc) is 3.20. The van der Waals surface area contributed by atoms with Gasteiger partial charge in [0.25, 0.3) is 0 Å². The summed E-state index contributed by atoms with van der Waals surface area (Å²) in [5.41, 5.74) is 0. The molecular formula is C16H24N6O2. The Morgan fingerprint density at radius 1 is 1.38 bits per heavy atom. The summed E-state index contributed by atoms with van der Waals surface area (Å²) in [4.78, 5) is 18.8. The van der Waals surface area contributed by atoms with E-state index in [9.17, 15) is 9.90 Å². The smallest absolute Gasteiger partial charge is 0.242 e. The van der Waals surface area contributed by atoms with E-state index in [0.29, 0.717) is 18.9 Å². The maximum Gasteiger partial charge on any atom is 0.242 e. The largest absolute Gasteiger partial charge is 0.388 e. The van der Waals surface area contributed by atoms with Crippen molar-refractivity contribution in [1.82, 2.24) is 29.2 Å². The highest BCUT2D eigenvalue weighted by atomic mass is 16.3. The Morgan fingerprint density at radius 3 is 2.92 bits per heavy atom. The van der Waals surface area contributed by atoms with Gasteiger partial charge in [-0.3, -0.25) is 4.79 Å². The van der Waals surface area contributed by atoms with Crippen LogP contribution < -0.4 is 0 Å². The van der Waals surface area contributed by atoms with Gasteiger partial charge in [0.1, 0.15) is 24.8 Å². The fourth-order valence-corrected chi connectivity index (χ4v) is 3.33. The first-order valence-corrected chi connectivity index (χ1v) is 8.40. The molecule has 0 saturated carbocycles. The minimum atomic E-state index is -0.126. The number of imidazole rings is 1. The second-order valence-electron chi connectivity index (χ2n) is 6.20. The number of carbonyl (C=O) groups is 1. The SMILES string of the molecule is CCc1nccn1CC(=O)N1CCC[C@@H](c2nnc(CO)n2C)C1. The summed E-state index contributed by atoms with van der Waals surface area (Å²) in [6, 6.07) is 0. The first kappa shape index (κ1) is 16.6. The molecule has 130 valence electrons. The van der Waals surface area contributed by atoms with E-state index in [0.717, 1.165) is 37.5 Å². The predicted molar refractivity (Wildman–Crippen MR) is 87.1 cm³/mol. The first-order valence-electron chi connectivity index (χ1n) is 8.40. The molecule has 8 nitrogen and oxygen atoms in total. The number of rotatable bonds is 5. The topological polar surface area (TPSA) is 89.1 Å². The molecule has 0 unspecified atom stereocenters. The lowest BCUT2D eigenvalue weighted by atomic mass is 9.97. The Balaban J connectivity index is 1.68. The minimum absolute atomic E-state index is 0.108. The highest BCUT2D eigenvalue weighted by Crippen LogP contribution is 2.26. The van der Waals surface area contributed by atoms with Crippen LogP contribution in [-0.4, -0.2) is 53.3 Å². The van der Waals surface area contributed by atoms with Gasteiger partial charge in [0.2, 0.25) is 5.91 Å². The van der Waals surface area contributed by atoms with E-state index in [1.165, 1.54) is 0 Å². The first-order chi connectivity index (χ1) is 11.6. The number of carbonyl (C=O) groups excluding carboxylic acids is 1. The fourth-order valence-electron chi connectivity index (χ4n) is 3.33. The van der Waals surface area contributed by atoms with Crippen LogP contribution >= 0.6 is 0 Å². The number of likely N-dealkylation sites (tertiary alicyclic amines) is 1. The number of piperidine rings is 1. The van der Waals surface area contributed by atoms with Gasteiger partial charge in [0.05, 0.1) is 0 Å². The molecule has 0 spiro atoms. The van der Waals surface area contributed by atoms with E-state index in [1.807, 2.05) is 34.2 Å². The Kier molecular flexibility index (Phi) is 4.94. The van der Waals surface area contributed by atoms with E-state index >= 15 is 0 Å². The van der Waals surface area contributed by atoms with E-state index in [2.05, 4.69) is 15.2 Å². The number of nitrogens with zero attached hydrogens (tertiary/aromatic N) is 6. The molecule has 1 fully saturated rings. The number of amides is 1. The third-order valence-electron chi connectivity index (χ3n) is 4.70. The Hall–Kier alpha value is -2.22. The molecule has 0 aliphatic carbocycles. The Bertz CT molecular complexity index is 707. The Morgan fingerprint density at radius 2 is 2.21 bits per heavy atom. The minimum Gasteiger partial charge on any atom is -0.388 e. The van der Waals surface area contributed by atoms with Crippen molar-refractivity contribution in [3.05, 3.63) is 29.9 Å². The molecule has 1 saturated heterocycles. The van der Waals surface area contributed by atoms with Crippen molar-refractivity contribution in [1.29, 1.82) is 0 Å². The van der Waals surface area contributed by atoms with Crippen LogP contribution in [0.4, 0.5) is 0 Å². The molecule has 8 heteroatoms. The Labute approximate surface area is 141 Å². The summed E-state index contributed by atoms with van der Waals surface area (Å²) in [5.74, 6) is 2.59. The van der Waals surface area contributed by atoms with Gasteiger partial charge in [0.15, 0.2) is 5.82 Å². The van der Waals surface area contributed by atoms with Crippen LogP contribution in [0.3, 0.4) is 0 Å². The molecule has 1 aliphatic rings. The van der Waals surface area contributed by atoms with Crippen LogP contribution in [0.15, 0.2) is 12.4 Å². The van der Waals surface area contributed by atoms with Crippen LogP contribution in [0.5, 0.6) is 0 Å². The van der Waals surface area contributed by atoms with Gasteiger partial charge < -0.3 is 19.1 Å². The summed E-state index contributed by atoms with van der Waals surface area (Å²) >= 11 is 0. The van der Waals surface area contributed by atoms with Crippen LogP contribution in [-0.2, 0) is 31.4 Å². The van der Waals surface area contributed by atoms with Crippen LogP contribution in [0.2, 0.25) is 0 Å². The number of aryl methyl sites for hydroxylation is 1. The zero-order chi connectivity index (χ0) is 17.1. The third kappa shape index (κ3) is 3.19. The van der Waals surface area contributed by atoms with Crippen LogP contribution in [0.1, 0.15) is 43.2 Å². The van der Waals surface area contributed by atoms with Crippen molar-refractivity contribution < 1.29 is 9.90 Å². The quantitative estimate of drug-likeness (QED) is 0.860. The van der Waals surface area contributed by atoms with Gasteiger partial charge >= 0.3 is 0 Å². The number of aromatic nitrogens is 5. The monoisotopic (exact) mass is 332 g/mol. The standard InChI is InChI=1S/C16H24N6O2/c1-3-13-17-6-8-21(13)10-15(24)22-7-4-5-12(9-22)16-19-18-14(11-23)20(16)2/h6,8,12,23H,3-5,7,9-11H2,1-2H3/t12-/m1/s1. The van der Waals surface area contributed by atoms with Crippen molar-refractivity contribution in [3.8, 4) is 0 Å². The molecule has 1 amide bonds. The van der Waals surface area contributed by atoms with Gasteiger partial charge in [-0.1, -0.05) is 6.92 Å². The van der Waals surface area contributed by atoms with Gasteiger partial charge in [-0.15, -0.1) is 10.2 Å². The lowest BCUT2D eigenvalue weighted by Gasteiger charge is -2.32. The number of hydrogen-bond acceptors (Lipinski definition) is 5. The normalized spacial score (nSPS) is 18.1. The van der Waals surface area contributed by atoms with E-state index in [4.69, 9.17) is 0 Å². The molecule has 3 heterocycles. The zero-order valence-corrected chi connectivity index (χ0v) is 14.2. The van der Waals surface area contributed by atoms with E-state index in [-0.39, 0.29) is 18.4 Å². The molecular weight excluding hydrogens is 308 g/mol.